The summed E-state index contributed by atoms with van der Waals surface area (Å²) in [6.45, 7) is 0.680. The molecule has 0 saturated heterocycles. The molecule has 0 spiro atoms. The van der Waals surface area contributed by atoms with Gasteiger partial charge >= 0.3 is 0 Å². The van der Waals surface area contributed by atoms with Gasteiger partial charge in [-0.3, -0.25) is 0 Å². The van der Waals surface area contributed by atoms with Crippen molar-refractivity contribution in [2.24, 2.45) is 4.51 Å². The highest BCUT2D eigenvalue weighted by atomic mass is 35.5. The highest BCUT2D eigenvalue weighted by molar-refractivity contribution is 6.33. The van der Waals surface area contributed by atoms with Crippen molar-refractivity contribution in [1.29, 1.82) is 0 Å². The molecule has 5 heteroatoms. The van der Waals surface area contributed by atoms with Crippen molar-refractivity contribution in [2.75, 3.05) is 6.54 Å². The van der Waals surface area contributed by atoms with E-state index in [1.165, 1.54) is 0 Å². The third-order valence-electron chi connectivity index (χ3n) is 0.979. The first-order chi connectivity index (χ1) is 4.77. The lowest BCUT2D eigenvalue weighted by Crippen LogP contribution is -1.99. The molecule has 0 aromatic carbocycles. The quantitative estimate of drug-likeness (QED) is 0.381. The molecule has 0 N–H and O–H groups in total. The van der Waals surface area contributed by atoms with Crippen LogP contribution in [0.5, 0.6) is 0 Å². The van der Waals surface area contributed by atoms with Crippen LogP contribution in [0.3, 0.4) is 0 Å². The molecule has 0 unspecified atom stereocenters. The van der Waals surface area contributed by atoms with Crippen molar-refractivity contribution in [1.82, 2.24) is 3.94 Å². The van der Waals surface area contributed by atoms with Crippen molar-refractivity contribution < 1.29 is 0 Å². The van der Waals surface area contributed by atoms with Gasteiger partial charge in [0.25, 0.3) is 0 Å². The van der Waals surface area contributed by atoms with Gasteiger partial charge in [-0.25, -0.2) is 0 Å². The summed E-state index contributed by atoms with van der Waals surface area (Å²) in [7, 11) is 0. The Morgan fingerprint density at radius 1 is 1.30 bits per heavy atom. The summed E-state index contributed by atoms with van der Waals surface area (Å²) in [6, 6.07) is 0. The molecule has 0 amide bonds. The molecule has 0 heterocycles. The van der Waals surface area contributed by atoms with E-state index < -0.39 is 0 Å². The summed E-state index contributed by atoms with van der Waals surface area (Å²) in [6.07, 6.45) is 4.50. The van der Waals surface area contributed by atoms with E-state index in [2.05, 4.69) is 4.51 Å². The molecule has 0 aliphatic carbocycles. The molecule has 0 saturated carbocycles. The summed E-state index contributed by atoms with van der Waals surface area (Å²) in [4.78, 5) is 0. The predicted molar refractivity (Wildman–Crippen MR) is 46.6 cm³/mol. The standard InChI is InChI=1S/C5H9Cl3N2/c6-9-4-2-1-3-5-10(7)8/h4H,1-3,5H2/b9-4+. The molecule has 0 aromatic rings. The summed E-state index contributed by atoms with van der Waals surface area (Å²) in [5, 5.41) is 0. The lowest BCUT2D eigenvalue weighted by molar-refractivity contribution is 0.627. The first-order valence-electron chi connectivity index (χ1n) is 2.99. The topological polar surface area (TPSA) is 15.6 Å². The number of nitrogens with zero attached hydrogens (tertiary/aromatic N) is 2. The van der Waals surface area contributed by atoms with Crippen LogP contribution in [-0.4, -0.2) is 16.7 Å². The maximum atomic E-state index is 5.33. The van der Waals surface area contributed by atoms with E-state index in [-0.39, 0.29) is 0 Å². The Labute approximate surface area is 76.1 Å². The molecule has 0 aliphatic rings. The van der Waals surface area contributed by atoms with Gasteiger partial charge in [0.05, 0.1) is 0 Å². The third kappa shape index (κ3) is 8.50. The Hall–Kier alpha value is 0.500. The molecule has 0 aliphatic heterocycles. The molecular weight excluding hydrogens is 194 g/mol. The van der Waals surface area contributed by atoms with E-state index in [9.17, 15) is 0 Å². The Kier molecular flexibility index (Phi) is 7.99. The average molecular weight is 204 g/mol. The van der Waals surface area contributed by atoms with Gasteiger partial charge in [0.15, 0.2) is 0 Å². The molecule has 0 atom stereocenters. The molecule has 60 valence electrons. The highest BCUT2D eigenvalue weighted by Gasteiger charge is 1.92. The minimum atomic E-state index is 0.680. The fourth-order valence-corrected chi connectivity index (χ4v) is 0.852. The molecule has 0 aromatic heterocycles. The van der Waals surface area contributed by atoms with Gasteiger partial charge in [0.2, 0.25) is 0 Å². The number of hydrogen-bond acceptors (Lipinski definition) is 2. The molecule has 10 heavy (non-hydrogen) atoms. The monoisotopic (exact) mass is 202 g/mol. The van der Waals surface area contributed by atoms with Crippen molar-refractivity contribution in [3.05, 3.63) is 0 Å². The third-order valence-corrected chi connectivity index (χ3v) is 1.46. The first kappa shape index (κ1) is 10.5. The lowest BCUT2D eigenvalue weighted by atomic mass is 10.2. The van der Waals surface area contributed by atoms with E-state index in [0.717, 1.165) is 23.2 Å². The van der Waals surface area contributed by atoms with E-state index in [1.54, 1.807) is 6.21 Å². The fraction of sp³-hybridized carbons (Fsp3) is 0.800. The maximum Gasteiger partial charge on any atom is 0.0361 e. The summed E-state index contributed by atoms with van der Waals surface area (Å²) in [5.41, 5.74) is 0. The van der Waals surface area contributed by atoms with Gasteiger partial charge in [0.1, 0.15) is 0 Å². The molecule has 0 radical (unpaired) electrons. The zero-order chi connectivity index (χ0) is 7.82. The Balaban J connectivity index is 2.91. The van der Waals surface area contributed by atoms with Gasteiger partial charge in [0, 0.05) is 24.5 Å². The predicted octanol–water partition coefficient (Wildman–Crippen LogP) is 2.99. The summed E-state index contributed by atoms with van der Waals surface area (Å²) >= 11 is 15.7. The first-order valence-corrected chi connectivity index (χ1v) is 4.00. The Morgan fingerprint density at radius 2 is 2.00 bits per heavy atom. The summed E-state index contributed by atoms with van der Waals surface area (Å²) in [5.74, 6) is 0. The average Bonchev–Trinajstić information content (AvgIpc) is 1.87. The van der Waals surface area contributed by atoms with Crippen LogP contribution in [0.4, 0.5) is 0 Å². The van der Waals surface area contributed by atoms with Gasteiger partial charge < -0.3 is 0 Å². The number of rotatable bonds is 5. The minimum Gasteiger partial charge on any atom is -0.191 e. The molecule has 0 fully saturated rings. The second-order valence-electron chi connectivity index (χ2n) is 1.80. The molecule has 0 bridgehead atoms. The fourth-order valence-electron chi connectivity index (χ4n) is 0.516. The lowest BCUT2D eigenvalue weighted by Gasteiger charge is -2.00. The van der Waals surface area contributed by atoms with Gasteiger partial charge in [-0.05, 0) is 42.8 Å². The van der Waals surface area contributed by atoms with Crippen LogP contribution >= 0.6 is 35.3 Å². The SMILES string of the molecule is Cl/N=C/CCCCN(Cl)Cl. The van der Waals surface area contributed by atoms with Crippen LogP contribution in [0, 0.1) is 0 Å². The van der Waals surface area contributed by atoms with Gasteiger partial charge in [-0.15, -0.1) is 3.94 Å². The Bertz CT molecular complexity index is 94.9. The minimum absolute atomic E-state index is 0.680. The van der Waals surface area contributed by atoms with Crippen molar-refractivity contribution in [3.8, 4) is 0 Å². The van der Waals surface area contributed by atoms with Crippen LogP contribution in [0.15, 0.2) is 4.51 Å². The van der Waals surface area contributed by atoms with Crippen LogP contribution in [0.1, 0.15) is 19.3 Å². The Morgan fingerprint density at radius 3 is 2.50 bits per heavy atom. The van der Waals surface area contributed by atoms with Crippen molar-refractivity contribution in [3.63, 3.8) is 0 Å². The highest BCUT2D eigenvalue weighted by Crippen LogP contribution is 2.02. The van der Waals surface area contributed by atoms with Gasteiger partial charge in [-0.1, -0.05) is 0 Å². The van der Waals surface area contributed by atoms with Crippen LogP contribution in [-0.2, 0) is 0 Å². The number of halogens is 3. The van der Waals surface area contributed by atoms with Gasteiger partial charge in [-0.2, -0.15) is 4.51 Å². The zero-order valence-electron chi connectivity index (χ0n) is 5.43. The summed E-state index contributed by atoms with van der Waals surface area (Å²) < 4.78 is 4.44. The van der Waals surface area contributed by atoms with Crippen molar-refractivity contribution >= 4 is 41.5 Å². The maximum absolute atomic E-state index is 5.33. The van der Waals surface area contributed by atoms with E-state index in [0.29, 0.717) is 6.54 Å². The largest absolute Gasteiger partial charge is 0.191 e. The second-order valence-corrected chi connectivity index (χ2v) is 2.99. The normalized spacial score (nSPS) is 11.6. The number of unbranched alkanes of at least 4 members (excludes halogenated alkanes) is 2. The van der Waals surface area contributed by atoms with Crippen LogP contribution in [0.2, 0.25) is 0 Å². The smallest absolute Gasteiger partial charge is 0.0361 e. The van der Waals surface area contributed by atoms with Crippen LogP contribution in [0.25, 0.3) is 0 Å². The van der Waals surface area contributed by atoms with Crippen molar-refractivity contribution in [2.45, 2.75) is 19.3 Å². The van der Waals surface area contributed by atoms with E-state index in [1.807, 2.05) is 0 Å². The molecular formula is C5H9Cl3N2. The van der Waals surface area contributed by atoms with Crippen LogP contribution < -0.4 is 0 Å². The number of hydrogen-bond donors (Lipinski definition) is 0. The zero-order valence-corrected chi connectivity index (χ0v) is 7.70. The molecule has 2 nitrogen and oxygen atoms in total. The van der Waals surface area contributed by atoms with E-state index >= 15 is 0 Å². The van der Waals surface area contributed by atoms with E-state index in [4.69, 9.17) is 35.3 Å². The molecule has 0 rings (SSSR count). The second kappa shape index (κ2) is 7.61.